The number of benzene rings is 1. The number of carbonyl (C=O) groups is 1. The number of aryl methyl sites for hydroxylation is 1. The molecule has 0 aliphatic carbocycles. The number of fused-ring (bicyclic) bond motifs is 2. The van der Waals surface area contributed by atoms with Gasteiger partial charge in [0.15, 0.2) is 0 Å². The number of aromatic nitrogens is 3. The molecular formula is C21H26N6O2. The van der Waals surface area contributed by atoms with Gasteiger partial charge in [0, 0.05) is 45.0 Å². The van der Waals surface area contributed by atoms with Gasteiger partial charge in [-0.1, -0.05) is 0 Å². The van der Waals surface area contributed by atoms with Gasteiger partial charge in [-0.2, -0.15) is 0 Å². The summed E-state index contributed by atoms with van der Waals surface area (Å²) in [5.41, 5.74) is 3.81. The maximum atomic E-state index is 12.6. The molecule has 2 bridgehead atoms. The van der Waals surface area contributed by atoms with Crippen molar-refractivity contribution in [2.24, 2.45) is 0 Å². The van der Waals surface area contributed by atoms with Crippen molar-refractivity contribution >= 4 is 28.4 Å². The monoisotopic (exact) mass is 394 g/mol. The van der Waals surface area contributed by atoms with Crippen LogP contribution in [0, 0.1) is 0 Å². The van der Waals surface area contributed by atoms with Crippen LogP contribution in [-0.2, 0) is 17.8 Å². The lowest BCUT2D eigenvalue weighted by atomic mass is 10.1. The van der Waals surface area contributed by atoms with Gasteiger partial charge < -0.3 is 24.8 Å². The molecule has 0 unspecified atom stereocenters. The molecule has 0 spiro atoms. The standard InChI is InChI=1S/C21H26N6O2/c1-26-8-9-27(2)18(28)7-4-14-10-16(5-6-17(14)29-3)25-21-19-15(12-26)11-22-20(19)23-13-24-21/h5-6,10-11,13H,4,7-9,12H2,1-3H3,(H2,22,23,24,25). The van der Waals surface area contributed by atoms with Gasteiger partial charge in [0.25, 0.3) is 0 Å². The predicted molar refractivity (Wildman–Crippen MR) is 112 cm³/mol. The SMILES string of the molecule is COc1ccc2cc1CCC(=O)N(C)CCN(C)Cc1c[nH]c3ncnc(c13)N2. The van der Waals surface area contributed by atoms with Gasteiger partial charge in [-0.3, -0.25) is 4.79 Å². The van der Waals surface area contributed by atoms with Crippen LogP contribution in [0.25, 0.3) is 11.0 Å². The van der Waals surface area contributed by atoms with E-state index >= 15 is 0 Å². The lowest BCUT2D eigenvalue weighted by Crippen LogP contribution is -2.34. The Bertz CT molecular complexity index is 1030. The summed E-state index contributed by atoms with van der Waals surface area (Å²) >= 11 is 0. The van der Waals surface area contributed by atoms with E-state index in [2.05, 4.69) is 32.2 Å². The normalized spacial score (nSPS) is 16.2. The highest BCUT2D eigenvalue weighted by Crippen LogP contribution is 2.30. The van der Waals surface area contributed by atoms with E-state index in [-0.39, 0.29) is 5.91 Å². The number of methoxy groups -OCH3 is 1. The van der Waals surface area contributed by atoms with E-state index in [0.717, 1.165) is 52.5 Å². The minimum Gasteiger partial charge on any atom is -0.496 e. The maximum Gasteiger partial charge on any atom is 0.222 e. The zero-order valence-corrected chi connectivity index (χ0v) is 17.0. The molecule has 0 radical (unpaired) electrons. The fourth-order valence-electron chi connectivity index (χ4n) is 3.68. The zero-order chi connectivity index (χ0) is 20.4. The van der Waals surface area contributed by atoms with Crippen LogP contribution in [0.4, 0.5) is 11.5 Å². The van der Waals surface area contributed by atoms with E-state index in [9.17, 15) is 4.79 Å². The molecule has 2 N–H and O–H groups in total. The lowest BCUT2D eigenvalue weighted by molar-refractivity contribution is -0.130. The second kappa shape index (κ2) is 8.08. The van der Waals surface area contributed by atoms with Gasteiger partial charge in [-0.05, 0) is 42.8 Å². The Morgan fingerprint density at radius 3 is 2.79 bits per heavy atom. The Balaban J connectivity index is 1.78. The number of nitrogens with one attached hydrogen (secondary N) is 2. The molecule has 1 aliphatic rings. The van der Waals surface area contributed by atoms with Crippen molar-refractivity contribution in [3.8, 4) is 5.75 Å². The van der Waals surface area contributed by atoms with E-state index in [4.69, 9.17) is 4.74 Å². The molecule has 8 heteroatoms. The fraction of sp³-hybridized carbons (Fsp3) is 0.381. The van der Waals surface area contributed by atoms with Crippen molar-refractivity contribution in [2.75, 3.05) is 39.6 Å². The van der Waals surface area contributed by atoms with Crippen molar-refractivity contribution < 1.29 is 9.53 Å². The topological polar surface area (TPSA) is 86.4 Å². The van der Waals surface area contributed by atoms with E-state index in [1.165, 1.54) is 0 Å². The van der Waals surface area contributed by atoms with E-state index in [1.807, 2.05) is 31.4 Å². The van der Waals surface area contributed by atoms with Crippen LogP contribution in [0.3, 0.4) is 0 Å². The Hall–Kier alpha value is -3.13. The molecular weight excluding hydrogens is 368 g/mol. The molecule has 8 nitrogen and oxygen atoms in total. The molecule has 0 saturated heterocycles. The summed E-state index contributed by atoms with van der Waals surface area (Å²) in [7, 11) is 5.57. The first kappa shape index (κ1) is 19.2. The predicted octanol–water partition coefficient (Wildman–Crippen LogP) is 2.55. The Morgan fingerprint density at radius 1 is 1.10 bits per heavy atom. The van der Waals surface area contributed by atoms with Crippen LogP contribution in [0.1, 0.15) is 17.5 Å². The molecule has 0 fully saturated rings. The molecule has 0 atom stereocenters. The summed E-state index contributed by atoms with van der Waals surface area (Å²) in [5, 5.41) is 4.41. The number of aromatic amines is 1. The molecule has 3 heterocycles. The number of H-pyrrole nitrogens is 1. The highest BCUT2D eigenvalue weighted by atomic mass is 16.5. The van der Waals surface area contributed by atoms with Crippen LogP contribution < -0.4 is 10.1 Å². The van der Waals surface area contributed by atoms with Crippen molar-refractivity contribution in [2.45, 2.75) is 19.4 Å². The number of amides is 1. The van der Waals surface area contributed by atoms with Gasteiger partial charge in [-0.25, -0.2) is 9.97 Å². The van der Waals surface area contributed by atoms with Crippen LogP contribution >= 0.6 is 0 Å². The van der Waals surface area contributed by atoms with Gasteiger partial charge in [-0.15, -0.1) is 0 Å². The van der Waals surface area contributed by atoms with Crippen molar-refractivity contribution in [3.05, 3.63) is 41.9 Å². The van der Waals surface area contributed by atoms with Gasteiger partial charge in [0.05, 0.1) is 12.5 Å². The van der Waals surface area contributed by atoms with Crippen LogP contribution in [0.2, 0.25) is 0 Å². The van der Waals surface area contributed by atoms with Crippen LogP contribution in [-0.4, -0.2) is 65.0 Å². The number of rotatable bonds is 1. The summed E-state index contributed by atoms with van der Waals surface area (Å²) in [5.74, 6) is 1.68. The molecule has 4 rings (SSSR count). The van der Waals surface area contributed by atoms with Gasteiger partial charge >= 0.3 is 0 Å². The molecule has 1 aromatic carbocycles. The minimum absolute atomic E-state index is 0.131. The van der Waals surface area contributed by atoms with E-state index < -0.39 is 0 Å². The molecule has 152 valence electrons. The fourth-order valence-corrected chi connectivity index (χ4v) is 3.68. The summed E-state index contributed by atoms with van der Waals surface area (Å²) in [6, 6.07) is 5.91. The molecule has 3 aromatic rings. The molecule has 2 aromatic heterocycles. The number of nitrogens with zero attached hydrogens (tertiary/aromatic N) is 4. The first-order valence-corrected chi connectivity index (χ1v) is 9.72. The number of hydrogen-bond acceptors (Lipinski definition) is 6. The number of hydrogen-bond donors (Lipinski definition) is 2. The van der Waals surface area contributed by atoms with Crippen molar-refractivity contribution in [3.63, 3.8) is 0 Å². The molecule has 29 heavy (non-hydrogen) atoms. The largest absolute Gasteiger partial charge is 0.496 e. The summed E-state index contributed by atoms with van der Waals surface area (Å²) < 4.78 is 5.50. The summed E-state index contributed by atoms with van der Waals surface area (Å²) in [6.07, 6.45) is 4.60. The van der Waals surface area contributed by atoms with Crippen LogP contribution in [0.5, 0.6) is 5.75 Å². The van der Waals surface area contributed by atoms with Crippen molar-refractivity contribution in [1.82, 2.24) is 24.8 Å². The zero-order valence-electron chi connectivity index (χ0n) is 17.0. The highest BCUT2D eigenvalue weighted by molar-refractivity contribution is 5.92. The smallest absolute Gasteiger partial charge is 0.222 e. The van der Waals surface area contributed by atoms with Crippen LogP contribution in [0.15, 0.2) is 30.7 Å². The van der Waals surface area contributed by atoms with E-state index in [0.29, 0.717) is 19.4 Å². The lowest BCUT2D eigenvalue weighted by Gasteiger charge is -2.22. The average molecular weight is 394 g/mol. The number of carbonyl (C=O) groups excluding carboxylic acids is 1. The quantitative estimate of drug-likeness (QED) is 0.660. The first-order valence-electron chi connectivity index (χ1n) is 9.72. The maximum absolute atomic E-state index is 12.6. The second-order valence-corrected chi connectivity index (χ2v) is 7.46. The third-order valence-electron chi connectivity index (χ3n) is 5.39. The Labute approximate surface area is 169 Å². The summed E-state index contributed by atoms with van der Waals surface area (Å²) in [4.78, 5) is 28.7. The number of ether oxygens (including phenoxy) is 1. The minimum atomic E-state index is 0.131. The second-order valence-electron chi connectivity index (χ2n) is 7.46. The third-order valence-corrected chi connectivity index (χ3v) is 5.39. The average Bonchev–Trinajstić information content (AvgIpc) is 3.13. The molecule has 1 aliphatic heterocycles. The third kappa shape index (κ3) is 4.02. The Kier molecular flexibility index (Phi) is 5.35. The van der Waals surface area contributed by atoms with Gasteiger partial charge in [0.2, 0.25) is 5.91 Å². The highest BCUT2D eigenvalue weighted by Gasteiger charge is 2.17. The number of likely N-dealkylation sites (N-methyl/N-ethyl adjacent to an activating group) is 2. The Morgan fingerprint density at radius 2 is 1.97 bits per heavy atom. The molecule has 0 saturated carbocycles. The van der Waals surface area contributed by atoms with Gasteiger partial charge in [0.1, 0.15) is 23.5 Å². The number of anilines is 2. The van der Waals surface area contributed by atoms with Crippen molar-refractivity contribution in [1.29, 1.82) is 0 Å². The first-order chi connectivity index (χ1) is 14.0. The van der Waals surface area contributed by atoms with E-state index in [1.54, 1.807) is 18.3 Å². The summed E-state index contributed by atoms with van der Waals surface area (Å²) in [6.45, 7) is 2.19. The molecule has 1 amide bonds.